The van der Waals surface area contributed by atoms with Crippen LogP contribution in [0.3, 0.4) is 0 Å². The van der Waals surface area contributed by atoms with Crippen molar-refractivity contribution in [2.75, 3.05) is 0 Å². The molecule has 2 heteroatoms. The molecule has 0 heterocycles. The van der Waals surface area contributed by atoms with Crippen LogP contribution in [-0.2, 0) is 0 Å². The van der Waals surface area contributed by atoms with Crippen LogP contribution in [0.4, 0.5) is 0 Å². The van der Waals surface area contributed by atoms with Crippen LogP contribution in [0.1, 0.15) is 32.1 Å². The van der Waals surface area contributed by atoms with Gasteiger partial charge in [-0.05, 0) is 0 Å². The van der Waals surface area contributed by atoms with Crippen molar-refractivity contribution in [1.82, 2.24) is 0 Å². The molecule has 0 bridgehead atoms. The third kappa shape index (κ3) is 3.50. The molecule has 0 spiro atoms. The van der Waals surface area contributed by atoms with Crippen LogP contribution in [0, 0.1) is 4.99 Å². The molecule has 0 atom stereocenters. The minimum Gasteiger partial charge on any atom is -0.423 e. The summed E-state index contributed by atoms with van der Waals surface area (Å²) < 4.78 is 0. The van der Waals surface area contributed by atoms with E-state index in [-0.39, 0.29) is 18.9 Å². The molecule has 0 aromatic heterocycles. The predicted molar refractivity (Wildman–Crippen MR) is 38.8 cm³/mol. The van der Waals surface area contributed by atoms with Gasteiger partial charge in [-0.25, -0.2) is 5.57 Å². The Bertz CT molecular complexity index is 91.1. The van der Waals surface area contributed by atoms with Crippen molar-refractivity contribution in [3.63, 3.8) is 0 Å². The fourth-order valence-electron chi connectivity index (χ4n) is 1.07. The molecule has 0 radical (unpaired) electrons. The van der Waals surface area contributed by atoms with Gasteiger partial charge in [0.25, 0.3) is 0 Å². The van der Waals surface area contributed by atoms with Gasteiger partial charge in [0.1, 0.15) is 0 Å². The topological polar surface area (TPSA) is 0 Å². The summed E-state index contributed by atoms with van der Waals surface area (Å²) in [7, 11) is 0. The van der Waals surface area contributed by atoms with Crippen LogP contribution < -0.4 is 18.9 Å². The first-order chi connectivity index (χ1) is 3.93. The van der Waals surface area contributed by atoms with Gasteiger partial charge < -0.3 is 20.9 Å². The first kappa shape index (κ1) is 9.82. The van der Waals surface area contributed by atoms with E-state index in [9.17, 15) is 0 Å². The molecule has 0 unspecified atom stereocenters. The summed E-state index contributed by atoms with van der Waals surface area (Å²) in [5.74, 6) is 0. The molecule has 1 saturated carbocycles. The molecule has 0 nitrogen and oxygen atoms in total. The summed E-state index contributed by atoms with van der Waals surface area (Å²) >= 11 is 3.22. The van der Waals surface area contributed by atoms with E-state index in [0.717, 1.165) is 0 Å². The molecule has 1 rings (SSSR count). The van der Waals surface area contributed by atoms with Crippen molar-refractivity contribution < 1.29 is 18.9 Å². The zero-order chi connectivity index (χ0) is 5.82. The van der Waals surface area contributed by atoms with E-state index in [0.29, 0.717) is 0 Å². The van der Waals surface area contributed by atoms with E-state index in [1.54, 1.807) is 0 Å². The van der Waals surface area contributed by atoms with Crippen molar-refractivity contribution in [2.24, 2.45) is 0 Å². The summed E-state index contributed by atoms with van der Waals surface area (Å²) in [4.78, 5) is 3.03. The summed E-state index contributed by atoms with van der Waals surface area (Å²) in [6, 6.07) is 0. The van der Waals surface area contributed by atoms with Gasteiger partial charge >= 0.3 is 18.9 Å². The predicted octanol–water partition coefficient (Wildman–Crippen LogP) is 0.0365. The Kier molecular flexibility index (Phi) is 6.10. The molecule has 1 aliphatic rings. The monoisotopic (exact) mass is 180 g/mol. The van der Waals surface area contributed by atoms with Gasteiger partial charge in [-0.3, -0.25) is 0 Å². The maximum atomic E-state index is 3.22. The van der Waals surface area contributed by atoms with Crippen molar-refractivity contribution in [2.45, 2.75) is 32.1 Å². The zero-order valence-electron chi connectivity index (χ0n) is 5.91. The van der Waals surface area contributed by atoms with E-state index in [4.69, 9.17) is 0 Å². The normalized spacial score (nSPS) is 18.6. The molecule has 0 amide bonds. The van der Waals surface area contributed by atoms with E-state index < -0.39 is 0 Å². The average Bonchev–Trinajstić information content (AvgIpc) is 1.90. The summed E-state index contributed by atoms with van der Waals surface area (Å²) in [6.45, 7) is 0. The van der Waals surface area contributed by atoms with Gasteiger partial charge in [0.05, 0.1) is 0 Å². The Balaban J connectivity index is 0.000000640. The summed E-state index contributed by atoms with van der Waals surface area (Å²) in [5.41, 5.74) is 1.47. The first-order valence-corrected chi connectivity index (χ1v) is 3.94. The smallest absolute Gasteiger partial charge is 0.423 e. The molecule has 46 valence electrons. The van der Waals surface area contributed by atoms with Gasteiger partial charge in [0, 0.05) is 0 Å². The molecule has 0 aromatic rings. The van der Waals surface area contributed by atoms with E-state index in [1.165, 1.54) is 37.7 Å². The van der Waals surface area contributed by atoms with Gasteiger partial charge in [-0.1, -0.05) is 32.1 Å². The average molecular weight is 181 g/mol. The van der Waals surface area contributed by atoms with Crippen molar-refractivity contribution in [1.29, 1.82) is 0 Å². The molecule has 0 N–H and O–H groups in total. The van der Waals surface area contributed by atoms with Crippen molar-refractivity contribution in [3.05, 3.63) is 10.6 Å². The standard InChI is InChI=1S/C7H10Br.Li/c8-6-7-4-2-1-3-5-7;/h1-5H2;/q-1;+1. The fourth-order valence-corrected chi connectivity index (χ4v) is 1.47. The Morgan fingerprint density at radius 2 is 1.67 bits per heavy atom. The van der Waals surface area contributed by atoms with E-state index >= 15 is 0 Å². The summed E-state index contributed by atoms with van der Waals surface area (Å²) in [5, 5.41) is 0. The molecular formula is C7H10BrLi. The Morgan fingerprint density at radius 1 is 1.11 bits per heavy atom. The third-order valence-corrected chi connectivity index (χ3v) is 2.15. The second-order valence-corrected chi connectivity index (χ2v) is 2.66. The maximum absolute atomic E-state index is 3.22. The Morgan fingerprint density at radius 3 is 2.00 bits per heavy atom. The Hall–Kier alpha value is 0.817. The molecule has 1 fully saturated rings. The second-order valence-electron chi connectivity index (χ2n) is 2.26. The van der Waals surface area contributed by atoms with Crippen LogP contribution in [0.15, 0.2) is 5.57 Å². The molecule has 9 heavy (non-hydrogen) atoms. The molecule has 1 aliphatic carbocycles. The van der Waals surface area contributed by atoms with Gasteiger partial charge in [-0.15, -0.1) is 0 Å². The van der Waals surface area contributed by atoms with Crippen LogP contribution in [-0.4, -0.2) is 0 Å². The molecule has 0 aliphatic heterocycles. The molecular weight excluding hydrogens is 171 g/mol. The van der Waals surface area contributed by atoms with Crippen LogP contribution in [0.2, 0.25) is 0 Å². The van der Waals surface area contributed by atoms with Crippen molar-refractivity contribution >= 4 is 15.9 Å². The molecule has 0 saturated heterocycles. The van der Waals surface area contributed by atoms with Gasteiger partial charge in [0.15, 0.2) is 0 Å². The number of halogens is 1. The van der Waals surface area contributed by atoms with Crippen molar-refractivity contribution in [3.8, 4) is 0 Å². The summed E-state index contributed by atoms with van der Waals surface area (Å²) in [6.07, 6.45) is 6.69. The quantitative estimate of drug-likeness (QED) is 0.365. The van der Waals surface area contributed by atoms with Crippen LogP contribution in [0.25, 0.3) is 0 Å². The third-order valence-electron chi connectivity index (χ3n) is 1.59. The van der Waals surface area contributed by atoms with E-state index in [1.807, 2.05) is 0 Å². The number of hydrogen-bond acceptors (Lipinski definition) is 0. The maximum Gasteiger partial charge on any atom is 1.00 e. The Labute approximate surface area is 77.4 Å². The van der Waals surface area contributed by atoms with Gasteiger partial charge in [-0.2, -0.15) is 0 Å². The number of rotatable bonds is 0. The number of allylic oxidation sites excluding steroid dienone is 1. The van der Waals surface area contributed by atoms with Gasteiger partial charge in [0.2, 0.25) is 0 Å². The zero-order valence-corrected chi connectivity index (χ0v) is 7.50. The second kappa shape index (κ2) is 5.59. The molecule has 0 aromatic carbocycles. The van der Waals surface area contributed by atoms with E-state index in [2.05, 4.69) is 20.9 Å². The SMILES string of the molecule is Br[C-]=C1CCCCC1.[Li+]. The minimum atomic E-state index is 0. The van der Waals surface area contributed by atoms with Crippen LogP contribution >= 0.6 is 15.9 Å². The number of hydrogen-bond donors (Lipinski definition) is 0. The minimum absolute atomic E-state index is 0. The largest absolute Gasteiger partial charge is 1.00 e. The fraction of sp³-hybridized carbons (Fsp3) is 0.714. The van der Waals surface area contributed by atoms with Crippen LogP contribution in [0.5, 0.6) is 0 Å². The first-order valence-electron chi connectivity index (χ1n) is 3.15.